The highest BCUT2D eigenvalue weighted by molar-refractivity contribution is 5.97. The number of rotatable bonds is 21. The van der Waals surface area contributed by atoms with Crippen molar-refractivity contribution in [2.24, 2.45) is 17.6 Å². The summed E-state index contributed by atoms with van der Waals surface area (Å²) in [6.45, 7) is 17.5. The largest absolute Gasteiger partial charge is 0.481 e. The van der Waals surface area contributed by atoms with Crippen molar-refractivity contribution >= 4 is 69.7 Å². The summed E-state index contributed by atoms with van der Waals surface area (Å²) in [5.74, 6) is -6.28. The van der Waals surface area contributed by atoms with Gasteiger partial charge in [0.05, 0.1) is 34.5 Å². The molecule has 2 fully saturated rings. The van der Waals surface area contributed by atoms with Gasteiger partial charge in [-0.25, -0.2) is 19.3 Å². The molecule has 1 unspecified atom stereocenters. The number of carboxylic acids is 3. The number of carbonyl (C=O) groups is 4. The summed E-state index contributed by atoms with van der Waals surface area (Å²) in [6.07, 6.45) is 12.7. The van der Waals surface area contributed by atoms with Gasteiger partial charge in [0.2, 0.25) is 5.91 Å². The zero-order valence-electron chi connectivity index (χ0n) is 39.6. The van der Waals surface area contributed by atoms with Crippen molar-refractivity contribution in [3.63, 3.8) is 0 Å². The Morgan fingerprint density at radius 3 is 1.46 bits per heavy atom. The van der Waals surface area contributed by atoms with E-state index >= 15 is 0 Å². The van der Waals surface area contributed by atoms with Crippen LogP contribution in [-0.2, 0) is 67.7 Å². The number of nitrogens with two attached hydrogens (primary N) is 1. The molecule has 4 aromatic heterocycles. The molecule has 2 aliphatic rings. The highest BCUT2D eigenvalue weighted by Crippen LogP contribution is 2.33. The molecule has 6 rings (SSSR count). The maximum atomic E-state index is 12.7. The van der Waals surface area contributed by atoms with Crippen LogP contribution in [0.2, 0.25) is 0 Å². The van der Waals surface area contributed by atoms with Crippen LogP contribution >= 0.6 is 12.4 Å². The van der Waals surface area contributed by atoms with Crippen molar-refractivity contribution in [3.8, 4) is 0 Å². The SMILES string of the molecule is C.CCCCC(C(=O)O)C(=O)NCc1c(CC)nc2c(cnn2CC)c1NC1CCOCC1.CCCCC(C(=O)O)C(=O)O.CCc1nc2c(cnn2CC)c(NC2CCOCC2)c1CN.Cl. The number of ether oxygens (including phenoxy) is 2. The van der Waals surface area contributed by atoms with E-state index in [1.54, 1.807) is 0 Å². The van der Waals surface area contributed by atoms with Crippen molar-refractivity contribution < 1.29 is 44.0 Å². The first-order chi connectivity index (χ1) is 31.4. The van der Waals surface area contributed by atoms with Crippen LogP contribution in [0.15, 0.2) is 12.4 Å². The first kappa shape index (κ1) is 58.0. The van der Waals surface area contributed by atoms with E-state index in [1.807, 2.05) is 49.5 Å². The third kappa shape index (κ3) is 15.7. The lowest BCUT2D eigenvalue weighted by Gasteiger charge is -2.27. The van der Waals surface area contributed by atoms with Crippen LogP contribution in [0.3, 0.4) is 0 Å². The lowest BCUT2D eigenvalue weighted by atomic mass is 10.0. The van der Waals surface area contributed by atoms with Gasteiger partial charge in [0.1, 0.15) is 5.92 Å². The van der Waals surface area contributed by atoms with Crippen molar-refractivity contribution in [3.05, 3.63) is 34.9 Å². The number of halogens is 1. The highest BCUT2D eigenvalue weighted by atomic mass is 35.5. The van der Waals surface area contributed by atoms with E-state index in [0.717, 1.165) is 121 Å². The molecule has 0 saturated carbocycles. The molecule has 0 spiro atoms. The number of carboxylic acid groups (broad SMARTS) is 3. The van der Waals surface area contributed by atoms with Gasteiger partial charge in [-0.05, 0) is 65.2 Å². The Hall–Kier alpha value is -5.11. The van der Waals surface area contributed by atoms with E-state index in [1.165, 1.54) is 0 Å². The maximum Gasteiger partial charge on any atom is 0.317 e. The number of pyridine rings is 2. The predicted octanol–water partition coefficient (Wildman–Crippen LogP) is 7.19. The fourth-order valence-electron chi connectivity index (χ4n) is 8.07. The van der Waals surface area contributed by atoms with E-state index in [9.17, 15) is 24.3 Å². The Bertz CT molecular complexity index is 2160. The predicted molar refractivity (Wildman–Crippen MR) is 263 cm³/mol. The number of fused-ring (bicyclic) bond motifs is 2. The molecule has 1 atom stereocenters. The molecular weight excluding hydrogens is 884 g/mol. The van der Waals surface area contributed by atoms with Crippen LogP contribution in [0.4, 0.5) is 11.4 Å². The van der Waals surface area contributed by atoms with E-state index < -0.39 is 35.7 Å². The van der Waals surface area contributed by atoms with Gasteiger partial charge < -0.3 is 46.5 Å². The Labute approximate surface area is 401 Å². The number of aliphatic carboxylic acids is 3. The molecular formula is C47H77ClN10O9. The third-order valence-electron chi connectivity index (χ3n) is 11.9. The summed E-state index contributed by atoms with van der Waals surface area (Å²) in [5.41, 5.74) is 13.8. The van der Waals surface area contributed by atoms with Crippen LogP contribution in [-0.4, -0.2) is 107 Å². The fourth-order valence-corrected chi connectivity index (χ4v) is 8.07. The van der Waals surface area contributed by atoms with Crippen LogP contribution in [0.25, 0.3) is 22.1 Å². The number of hydrogen-bond donors (Lipinski definition) is 7. The van der Waals surface area contributed by atoms with Crippen molar-refractivity contribution in [1.29, 1.82) is 0 Å². The zero-order chi connectivity index (χ0) is 47.5. The number of unbranched alkanes of at least 4 members (excludes halogenated alkanes) is 2. The van der Waals surface area contributed by atoms with Gasteiger partial charge in [-0.1, -0.05) is 60.8 Å². The molecule has 2 aliphatic heterocycles. The minimum atomic E-state index is -1.24. The first-order valence-electron chi connectivity index (χ1n) is 23.5. The molecule has 1 amide bonds. The Morgan fingerprint density at radius 2 is 1.09 bits per heavy atom. The van der Waals surface area contributed by atoms with E-state index in [2.05, 4.69) is 40.0 Å². The summed E-state index contributed by atoms with van der Waals surface area (Å²) < 4.78 is 14.8. The molecule has 20 heteroatoms. The highest BCUT2D eigenvalue weighted by Gasteiger charge is 2.28. The number of anilines is 2. The monoisotopic (exact) mass is 961 g/mol. The minimum absolute atomic E-state index is 0. The number of nitrogens with one attached hydrogen (secondary N) is 3. The maximum absolute atomic E-state index is 12.7. The topological polar surface area (TPSA) is 271 Å². The van der Waals surface area contributed by atoms with Gasteiger partial charge in [0, 0.05) is 87.2 Å². The third-order valence-corrected chi connectivity index (χ3v) is 11.9. The normalized spacial score (nSPS) is 14.4. The summed E-state index contributed by atoms with van der Waals surface area (Å²) in [4.78, 5) is 54.5. The molecule has 0 radical (unpaired) electrons. The number of hydrogen-bond acceptors (Lipinski definition) is 13. The molecule has 0 aliphatic carbocycles. The average molecular weight is 962 g/mol. The lowest BCUT2D eigenvalue weighted by Crippen LogP contribution is -2.36. The van der Waals surface area contributed by atoms with Gasteiger partial charge in [0.25, 0.3) is 0 Å². The second kappa shape index (κ2) is 29.6. The molecule has 6 heterocycles. The Balaban J connectivity index is 0.000000382. The van der Waals surface area contributed by atoms with E-state index in [0.29, 0.717) is 58.0 Å². The zero-order valence-corrected chi connectivity index (χ0v) is 40.4. The van der Waals surface area contributed by atoms with Gasteiger partial charge in [0.15, 0.2) is 17.2 Å². The van der Waals surface area contributed by atoms with Crippen molar-refractivity contribution in [2.75, 3.05) is 37.1 Å². The van der Waals surface area contributed by atoms with Crippen LogP contribution in [0.1, 0.15) is 136 Å². The smallest absolute Gasteiger partial charge is 0.317 e. The summed E-state index contributed by atoms with van der Waals surface area (Å²) in [5, 5.41) is 47.5. The van der Waals surface area contributed by atoms with Crippen molar-refractivity contribution in [2.45, 2.75) is 164 Å². The first-order valence-corrected chi connectivity index (χ1v) is 23.5. The van der Waals surface area contributed by atoms with Crippen molar-refractivity contribution in [1.82, 2.24) is 34.8 Å². The number of nitrogens with zero attached hydrogens (tertiary/aromatic N) is 6. The summed E-state index contributed by atoms with van der Waals surface area (Å²) in [6, 6.07) is 0.689. The molecule has 376 valence electrons. The molecule has 0 aromatic carbocycles. The summed E-state index contributed by atoms with van der Waals surface area (Å²) >= 11 is 0. The van der Waals surface area contributed by atoms with E-state index in [-0.39, 0.29) is 38.8 Å². The molecule has 2 saturated heterocycles. The van der Waals surface area contributed by atoms with Crippen LogP contribution in [0.5, 0.6) is 0 Å². The van der Waals surface area contributed by atoms with E-state index in [4.69, 9.17) is 35.4 Å². The van der Waals surface area contributed by atoms with Gasteiger partial charge in [-0.2, -0.15) is 10.2 Å². The number of carbonyl (C=O) groups excluding carboxylic acids is 1. The molecule has 67 heavy (non-hydrogen) atoms. The fraction of sp³-hybridized carbons (Fsp3) is 0.660. The molecule has 8 N–H and O–H groups in total. The lowest BCUT2D eigenvalue weighted by molar-refractivity contribution is -0.155. The van der Waals surface area contributed by atoms with Gasteiger partial charge >= 0.3 is 17.9 Å². The molecule has 0 bridgehead atoms. The van der Waals surface area contributed by atoms with Gasteiger partial charge in [-0.15, -0.1) is 12.4 Å². The molecule has 19 nitrogen and oxygen atoms in total. The van der Waals surface area contributed by atoms with Crippen LogP contribution < -0.4 is 21.7 Å². The Kier molecular flexibility index (Phi) is 25.6. The van der Waals surface area contributed by atoms with Crippen LogP contribution in [0, 0.1) is 11.8 Å². The quantitative estimate of drug-likeness (QED) is 0.0407. The second-order valence-electron chi connectivity index (χ2n) is 16.3. The Morgan fingerprint density at radius 1 is 0.687 bits per heavy atom. The number of aromatic nitrogens is 6. The van der Waals surface area contributed by atoms with Gasteiger partial charge in [-0.3, -0.25) is 19.2 Å². The standard InChI is InChI=1S/C23H35N5O4.C16H25N5O.C7H12O4.CH4.ClH/c1-4-7-8-16(23(30)31)22(29)24-13-17-19(5-2)27-21-18(14-25-28(21)6-3)20(17)26-15-9-11-32-12-10-15;1-3-14-12(9-17)15(19-11-5-7-22-8-6-11)13-10-18-21(4-2)16(13)20-14;1-2-3-4-5(6(8)9)7(10)11;;/h14-16H,4-13H2,1-3H3,(H,24,29)(H,26,27)(H,30,31);10-11H,3-9,17H2,1-2H3,(H,19,20);5H,2-4H2,1H3,(H,8,9)(H,10,11);1H4;1H. The second-order valence-corrected chi connectivity index (χ2v) is 16.3. The average Bonchev–Trinajstić information content (AvgIpc) is 3.93. The minimum Gasteiger partial charge on any atom is -0.481 e. The molecule has 4 aromatic rings. The number of amides is 1. The number of aryl methyl sites for hydroxylation is 4. The summed E-state index contributed by atoms with van der Waals surface area (Å²) in [7, 11) is 0.